The van der Waals surface area contributed by atoms with Crippen LogP contribution in [0.4, 0.5) is 23.7 Å². The molecule has 2 fully saturated rings. The largest absolute Gasteiger partial charge is 0.474 e. The highest BCUT2D eigenvalue weighted by molar-refractivity contribution is 6.31. The molecular weight excluding hydrogens is 457 g/mol. The van der Waals surface area contributed by atoms with Crippen molar-refractivity contribution in [2.24, 2.45) is 5.92 Å². The minimum absolute atomic E-state index is 0.00530. The first-order chi connectivity index (χ1) is 15.8. The highest BCUT2D eigenvalue weighted by Gasteiger charge is 2.33. The third-order valence-corrected chi connectivity index (χ3v) is 6.15. The Hall–Kier alpha value is -2.52. The summed E-state index contributed by atoms with van der Waals surface area (Å²) in [6.45, 7) is 3.48. The van der Waals surface area contributed by atoms with Crippen LogP contribution in [0.15, 0.2) is 36.5 Å². The molecule has 4 rings (SSSR count). The van der Waals surface area contributed by atoms with Gasteiger partial charge in [0.25, 0.3) is 0 Å². The number of piperidine rings is 1. The number of anilines is 1. The third-order valence-electron chi connectivity index (χ3n) is 5.82. The molecule has 2 aromatic rings. The molecule has 0 radical (unpaired) electrons. The fourth-order valence-electron chi connectivity index (χ4n) is 3.81. The van der Waals surface area contributed by atoms with E-state index in [-0.39, 0.29) is 18.3 Å². The summed E-state index contributed by atoms with van der Waals surface area (Å²) < 4.78 is 44.8. The second-order valence-electron chi connectivity index (χ2n) is 8.57. The number of hydrogen-bond acceptors (Lipinski definition) is 4. The maximum atomic E-state index is 12.9. The van der Waals surface area contributed by atoms with Crippen LogP contribution in [0.2, 0.25) is 5.02 Å². The van der Waals surface area contributed by atoms with Crippen molar-refractivity contribution in [3.05, 3.63) is 52.7 Å². The van der Waals surface area contributed by atoms with Gasteiger partial charge in [-0.1, -0.05) is 17.7 Å². The number of carbonyl (C=O) groups is 1. The molecule has 2 N–H and O–H groups in total. The quantitative estimate of drug-likeness (QED) is 0.560. The van der Waals surface area contributed by atoms with Gasteiger partial charge in [0.05, 0.1) is 10.6 Å². The Bertz CT molecular complexity index is 959. The molecule has 10 heteroatoms. The van der Waals surface area contributed by atoms with Gasteiger partial charge in [-0.2, -0.15) is 13.2 Å². The van der Waals surface area contributed by atoms with Crippen molar-refractivity contribution in [1.29, 1.82) is 0 Å². The number of likely N-dealkylation sites (tertiary alicyclic amines) is 1. The highest BCUT2D eigenvalue weighted by Crippen LogP contribution is 2.36. The Morgan fingerprint density at radius 3 is 2.55 bits per heavy atom. The number of nitrogens with one attached hydrogen (secondary N) is 2. The van der Waals surface area contributed by atoms with Crippen molar-refractivity contribution in [3.63, 3.8) is 0 Å². The van der Waals surface area contributed by atoms with E-state index in [0.29, 0.717) is 5.88 Å². The van der Waals surface area contributed by atoms with E-state index in [9.17, 15) is 18.0 Å². The van der Waals surface area contributed by atoms with Crippen LogP contribution in [-0.4, -0.2) is 41.7 Å². The molecule has 1 aliphatic carbocycles. The van der Waals surface area contributed by atoms with Gasteiger partial charge in [0, 0.05) is 44.1 Å². The Labute approximate surface area is 195 Å². The number of urea groups is 1. The fraction of sp³-hybridized carbons (Fsp3) is 0.478. The number of halogens is 4. The zero-order valence-electron chi connectivity index (χ0n) is 18.0. The molecule has 1 aromatic heterocycles. The number of aromatic nitrogens is 1. The van der Waals surface area contributed by atoms with Crippen LogP contribution < -0.4 is 15.4 Å². The Balaban J connectivity index is 1.21. The number of carbonyl (C=O) groups excluding carboxylic acids is 1. The van der Waals surface area contributed by atoms with Crippen molar-refractivity contribution >= 4 is 23.3 Å². The number of hydrogen-bond donors (Lipinski definition) is 2. The molecule has 1 aromatic carbocycles. The van der Waals surface area contributed by atoms with Crippen molar-refractivity contribution in [3.8, 4) is 5.88 Å². The Morgan fingerprint density at radius 2 is 1.91 bits per heavy atom. The third kappa shape index (κ3) is 6.98. The summed E-state index contributed by atoms with van der Waals surface area (Å²) in [4.78, 5) is 18.9. The molecule has 2 heterocycles. The predicted molar refractivity (Wildman–Crippen MR) is 119 cm³/mol. The van der Waals surface area contributed by atoms with Crippen molar-refractivity contribution in [2.75, 3.05) is 25.0 Å². The summed E-state index contributed by atoms with van der Waals surface area (Å²) in [7, 11) is 0. The monoisotopic (exact) mass is 482 g/mol. The summed E-state index contributed by atoms with van der Waals surface area (Å²) in [5.41, 5.74) is -0.270. The van der Waals surface area contributed by atoms with Crippen LogP contribution in [0.1, 0.15) is 36.8 Å². The molecule has 2 amide bonds. The van der Waals surface area contributed by atoms with Crippen LogP contribution in [-0.2, 0) is 12.7 Å². The predicted octanol–water partition coefficient (Wildman–Crippen LogP) is 5.33. The van der Waals surface area contributed by atoms with Gasteiger partial charge in [-0.05, 0) is 55.4 Å². The van der Waals surface area contributed by atoms with E-state index in [1.807, 2.05) is 0 Å². The zero-order chi connectivity index (χ0) is 23.4. The van der Waals surface area contributed by atoms with Crippen molar-refractivity contribution in [2.45, 2.75) is 44.5 Å². The summed E-state index contributed by atoms with van der Waals surface area (Å²) in [5.74, 6) is 1.45. The van der Waals surface area contributed by atoms with E-state index < -0.39 is 22.8 Å². The van der Waals surface area contributed by atoms with E-state index in [4.69, 9.17) is 16.3 Å². The summed E-state index contributed by atoms with van der Waals surface area (Å²) in [5, 5.41) is 4.55. The van der Waals surface area contributed by atoms with Crippen LogP contribution in [0, 0.1) is 5.92 Å². The molecule has 178 valence electrons. The maximum absolute atomic E-state index is 12.9. The number of ether oxygens (including phenoxy) is 1. The van der Waals surface area contributed by atoms with Gasteiger partial charge >= 0.3 is 12.2 Å². The van der Waals surface area contributed by atoms with E-state index in [1.165, 1.54) is 25.5 Å². The fourth-order valence-corrected chi connectivity index (χ4v) is 4.03. The second kappa shape index (κ2) is 10.2. The number of nitrogens with zero attached hydrogens (tertiary/aromatic N) is 2. The molecular formula is C23H26ClF3N4O2. The smallest absolute Gasteiger partial charge is 0.417 e. The number of rotatable bonds is 7. The van der Waals surface area contributed by atoms with Crippen molar-refractivity contribution < 1.29 is 22.7 Å². The summed E-state index contributed by atoms with van der Waals surface area (Å²) in [6.07, 6.45) is 1.86. The molecule has 1 saturated heterocycles. The first kappa shape index (κ1) is 23.6. The van der Waals surface area contributed by atoms with E-state index in [2.05, 4.69) is 20.5 Å². The lowest BCUT2D eigenvalue weighted by Crippen LogP contribution is -2.39. The molecule has 0 unspecified atom stereocenters. The van der Waals surface area contributed by atoms with Gasteiger partial charge in [0.2, 0.25) is 5.88 Å². The SMILES string of the molecule is O=C(NCc1ccc(OC2CCN(CC3CC3)CC2)nc1)Nc1ccc(Cl)c(C(F)(F)F)c1. The topological polar surface area (TPSA) is 66.5 Å². The molecule has 2 aliphatic rings. The van der Waals surface area contributed by atoms with Crippen LogP contribution in [0.5, 0.6) is 5.88 Å². The van der Waals surface area contributed by atoms with Crippen LogP contribution in [0.3, 0.4) is 0 Å². The van der Waals surface area contributed by atoms with Gasteiger partial charge < -0.3 is 20.3 Å². The van der Waals surface area contributed by atoms with Gasteiger partial charge in [0.1, 0.15) is 6.10 Å². The zero-order valence-corrected chi connectivity index (χ0v) is 18.8. The first-order valence-electron chi connectivity index (χ1n) is 11.0. The summed E-state index contributed by atoms with van der Waals surface area (Å²) in [6, 6.07) is 6.13. The van der Waals surface area contributed by atoms with E-state index in [0.717, 1.165) is 49.5 Å². The average Bonchev–Trinajstić information content (AvgIpc) is 3.59. The Kier molecular flexibility index (Phi) is 7.29. The lowest BCUT2D eigenvalue weighted by Gasteiger charge is -2.31. The van der Waals surface area contributed by atoms with Crippen LogP contribution >= 0.6 is 11.6 Å². The van der Waals surface area contributed by atoms with Gasteiger partial charge in [-0.15, -0.1) is 0 Å². The minimum Gasteiger partial charge on any atom is -0.474 e. The van der Waals surface area contributed by atoms with E-state index >= 15 is 0 Å². The molecule has 1 aliphatic heterocycles. The Morgan fingerprint density at radius 1 is 1.15 bits per heavy atom. The lowest BCUT2D eigenvalue weighted by molar-refractivity contribution is -0.137. The van der Waals surface area contributed by atoms with E-state index in [1.54, 1.807) is 18.3 Å². The minimum atomic E-state index is -4.60. The molecule has 0 spiro atoms. The standard InChI is InChI=1S/C23H26ClF3N4O2/c24-20-5-4-17(11-19(20)23(25,26)27)30-22(32)29-13-16-3-6-21(28-12-16)33-18-7-9-31(10-8-18)14-15-1-2-15/h3-6,11-12,15,18H,1-2,7-10,13-14H2,(H2,29,30,32). The van der Waals surface area contributed by atoms with Crippen LogP contribution in [0.25, 0.3) is 0 Å². The number of alkyl halides is 3. The highest BCUT2D eigenvalue weighted by atomic mass is 35.5. The number of pyridine rings is 1. The maximum Gasteiger partial charge on any atom is 0.417 e. The first-order valence-corrected chi connectivity index (χ1v) is 11.4. The lowest BCUT2D eigenvalue weighted by atomic mass is 10.1. The molecule has 33 heavy (non-hydrogen) atoms. The van der Waals surface area contributed by atoms with Gasteiger partial charge in [0.15, 0.2) is 0 Å². The molecule has 0 atom stereocenters. The van der Waals surface area contributed by atoms with Crippen molar-refractivity contribution in [1.82, 2.24) is 15.2 Å². The number of amides is 2. The normalized spacial score (nSPS) is 17.6. The van der Waals surface area contributed by atoms with Gasteiger partial charge in [-0.25, -0.2) is 9.78 Å². The molecule has 6 nitrogen and oxygen atoms in total. The molecule has 1 saturated carbocycles. The summed E-state index contributed by atoms with van der Waals surface area (Å²) >= 11 is 5.59. The second-order valence-corrected chi connectivity index (χ2v) is 8.97. The average molecular weight is 483 g/mol. The number of benzene rings is 1. The van der Waals surface area contributed by atoms with Gasteiger partial charge in [-0.3, -0.25) is 0 Å². The molecule has 0 bridgehead atoms.